The van der Waals surface area contributed by atoms with Crippen LogP contribution in [0.3, 0.4) is 0 Å². The third kappa shape index (κ3) is 4.50. The summed E-state index contributed by atoms with van der Waals surface area (Å²) in [5, 5.41) is 0.757. The number of hydrogen-bond donors (Lipinski definition) is 0. The first-order valence-electron chi connectivity index (χ1n) is 10.6. The largest absolute Gasteiger partial charge is 0.496 e. The van der Waals surface area contributed by atoms with E-state index in [0.717, 1.165) is 0 Å². The van der Waals surface area contributed by atoms with Crippen LogP contribution in [-0.4, -0.2) is 39.0 Å². The van der Waals surface area contributed by atoms with E-state index in [2.05, 4.69) is 4.99 Å². The predicted octanol–water partition coefficient (Wildman–Crippen LogP) is 3.74. The molecule has 0 unspecified atom stereocenters. The molecule has 3 aromatic rings. The van der Waals surface area contributed by atoms with E-state index in [4.69, 9.17) is 42.1 Å². The number of carbonyl (C=O) groups is 1. The van der Waals surface area contributed by atoms with Crippen LogP contribution >= 0.6 is 34.5 Å². The Morgan fingerprint density at radius 3 is 2.42 bits per heavy atom. The summed E-state index contributed by atoms with van der Waals surface area (Å²) in [4.78, 5) is 31.6. The van der Waals surface area contributed by atoms with Gasteiger partial charge in [0.2, 0.25) is 0 Å². The van der Waals surface area contributed by atoms with Crippen molar-refractivity contribution in [3.8, 4) is 17.2 Å². The van der Waals surface area contributed by atoms with Crippen LogP contribution in [0.1, 0.15) is 24.1 Å². The minimum Gasteiger partial charge on any atom is -0.496 e. The molecule has 188 valence electrons. The van der Waals surface area contributed by atoms with Crippen molar-refractivity contribution in [2.75, 3.05) is 28.4 Å². The number of ether oxygens (including phenoxy) is 4. The van der Waals surface area contributed by atoms with E-state index in [1.807, 2.05) is 0 Å². The van der Waals surface area contributed by atoms with Crippen molar-refractivity contribution in [3.05, 3.63) is 82.5 Å². The fourth-order valence-corrected chi connectivity index (χ4v) is 5.60. The van der Waals surface area contributed by atoms with Crippen molar-refractivity contribution in [2.24, 2.45) is 4.99 Å². The lowest BCUT2D eigenvalue weighted by Crippen LogP contribution is -2.40. The molecule has 0 saturated carbocycles. The number of rotatable bonds is 6. The number of methoxy groups -OCH3 is 4. The molecule has 0 bridgehead atoms. The van der Waals surface area contributed by atoms with Gasteiger partial charge in [0.05, 0.1) is 49.3 Å². The lowest BCUT2D eigenvalue weighted by molar-refractivity contribution is -0.136. The van der Waals surface area contributed by atoms with Gasteiger partial charge in [0.25, 0.3) is 5.56 Å². The van der Waals surface area contributed by atoms with Gasteiger partial charge in [-0.2, -0.15) is 0 Å². The highest BCUT2D eigenvalue weighted by molar-refractivity contribution is 7.07. The van der Waals surface area contributed by atoms with E-state index < -0.39 is 12.0 Å². The molecule has 0 fully saturated rings. The first-order chi connectivity index (χ1) is 17.2. The maximum absolute atomic E-state index is 13.8. The maximum Gasteiger partial charge on any atom is 0.338 e. The molecular weight excluding hydrogens is 527 g/mol. The van der Waals surface area contributed by atoms with Gasteiger partial charge in [0.15, 0.2) is 16.3 Å². The summed E-state index contributed by atoms with van der Waals surface area (Å²) >= 11 is 13.8. The van der Waals surface area contributed by atoms with Gasteiger partial charge in [-0.25, -0.2) is 9.79 Å². The molecule has 8 nitrogen and oxygen atoms in total. The van der Waals surface area contributed by atoms with Crippen LogP contribution in [0.15, 0.2) is 51.4 Å². The van der Waals surface area contributed by atoms with Crippen LogP contribution in [0, 0.1) is 0 Å². The first-order valence-corrected chi connectivity index (χ1v) is 12.2. The van der Waals surface area contributed by atoms with Gasteiger partial charge >= 0.3 is 5.97 Å². The van der Waals surface area contributed by atoms with Crippen molar-refractivity contribution in [2.45, 2.75) is 13.0 Å². The standard InChI is InChI=1S/C25H22Cl2N2O6S/c1-12-20(24(31)35-5)21(15-11-14(26)6-7-17(15)32-2)29-23(30)19(36-25(29)28-12)10-13-8-16(27)22(34-4)18(9-13)33-3/h6-11,21H,1-5H3/b19-10-/t21-/m1/s1. The summed E-state index contributed by atoms with van der Waals surface area (Å²) < 4.78 is 23.1. The van der Waals surface area contributed by atoms with Crippen molar-refractivity contribution in [1.29, 1.82) is 0 Å². The third-order valence-electron chi connectivity index (χ3n) is 5.67. The van der Waals surface area contributed by atoms with E-state index in [0.29, 0.717) is 53.5 Å². The van der Waals surface area contributed by atoms with Crippen LogP contribution in [-0.2, 0) is 9.53 Å². The predicted molar refractivity (Wildman–Crippen MR) is 138 cm³/mol. The van der Waals surface area contributed by atoms with Gasteiger partial charge in [-0.1, -0.05) is 34.5 Å². The highest BCUT2D eigenvalue weighted by atomic mass is 35.5. The molecule has 0 radical (unpaired) electrons. The molecule has 0 amide bonds. The van der Waals surface area contributed by atoms with Gasteiger partial charge in [-0.3, -0.25) is 9.36 Å². The minimum atomic E-state index is -0.863. The van der Waals surface area contributed by atoms with E-state index in [-0.39, 0.29) is 11.1 Å². The highest BCUT2D eigenvalue weighted by Gasteiger charge is 2.35. The van der Waals surface area contributed by atoms with Crippen LogP contribution in [0.5, 0.6) is 17.2 Å². The van der Waals surface area contributed by atoms with E-state index in [1.165, 1.54) is 44.3 Å². The zero-order chi connectivity index (χ0) is 26.1. The molecule has 36 heavy (non-hydrogen) atoms. The van der Waals surface area contributed by atoms with Gasteiger partial charge in [0.1, 0.15) is 11.8 Å². The van der Waals surface area contributed by atoms with Gasteiger partial charge in [-0.05, 0) is 48.9 Å². The smallest absolute Gasteiger partial charge is 0.338 e. The Kier molecular flexibility index (Phi) is 7.44. The van der Waals surface area contributed by atoms with Crippen molar-refractivity contribution in [1.82, 2.24) is 4.57 Å². The number of benzene rings is 2. The van der Waals surface area contributed by atoms with Crippen molar-refractivity contribution in [3.63, 3.8) is 0 Å². The second-order valence-electron chi connectivity index (χ2n) is 7.70. The van der Waals surface area contributed by atoms with E-state index in [9.17, 15) is 9.59 Å². The fraction of sp³-hybridized carbons (Fsp3) is 0.240. The Balaban J connectivity index is 2.01. The van der Waals surface area contributed by atoms with Gasteiger partial charge in [-0.15, -0.1) is 0 Å². The first kappa shape index (κ1) is 25.8. The molecule has 1 aliphatic rings. The lowest BCUT2D eigenvalue weighted by Gasteiger charge is -2.25. The number of carbonyl (C=O) groups excluding carboxylic acids is 1. The molecule has 0 saturated heterocycles. The monoisotopic (exact) mass is 548 g/mol. The SMILES string of the molecule is COC(=O)C1=C(C)N=c2s/c(=C\c3cc(Cl)c(OC)c(OC)c3)c(=O)n2[C@@H]1c1cc(Cl)ccc1OC. The van der Waals surface area contributed by atoms with Crippen molar-refractivity contribution < 1.29 is 23.7 Å². The Bertz CT molecular complexity index is 1570. The zero-order valence-electron chi connectivity index (χ0n) is 20.0. The quantitative estimate of drug-likeness (QED) is 0.436. The average molecular weight is 549 g/mol. The highest BCUT2D eigenvalue weighted by Crippen LogP contribution is 2.38. The molecule has 4 rings (SSSR count). The average Bonchev–Trinajstić information content (AvgIpc) is 3.16. The normalized spacial score (nSPS) is 15.3. The summed E-state index contributed by atoms with van der Waals surface area (Å²) in [6.45, 7) is 1.70. The summed E-state index contributed by atoms with van der Waals surface area (Å²) in [5.74, 6) is 0.671. The molecule has 0 aliphatic carbocycles. The number of aromatic nitrogens is 1. The number of hydrogen-bond acceptors (Lipinski definition) is 8. The summed E-state index contributed by atoms with van der Waals surface area (Å²) in [6, 6.07) is 7.54. The summed E-state index contributed by atoms with van der Waals surface area (Å²) in [6.07, 6.45) is 1.68. The lowest BCUT2D eigenvalue weighted by atomic mass is 9.95. The molecule has 1 aromatic heterocycles. The molecular formula is C25H22Cl2N2O6S. The molecule has 0 N–H and O–H groups in total. The van der Waals surface area contributed by atoms with Gasteiger partial charge in [0, 0.05) is 10.6 Å². The Morgan fingerprint density at radius 1 is 1.06 bits per heavy atom. The van der Waals surface area contributed by atoms with Crippen LogP contribution in [0.25, 0.3) is 6.08 Å². The number of allylic oxidation sites excluding steroid dienone is 1. The summed E-state index contributed by atoms with van der Waals surface area (Å²) in [5.41, 5.74) is 1.44. The molecule has 1 aliphatic heterocycles. The topological polar surface area (TPSA) is 88.4 Å². The van der Waals surface area contributed by atoms with Crippen LogP contribution in [0.4, 0.5) is 0 Å². The minimum absolute atomic E-state index is 0.214. The molecule has 2 aromatic carbocycles. The zero-order valence-corrected chi connectivity index (χ0v) is 22.4. The van der Waals surface area contributed by atoms with E-state index >= 15 is 0 Å². The Labute approximate surface area is 220 Å². The van der Waals surface area contributed by atoms with Crippen LogP contribution in [0.2, 0.25) is 10.0 Å². The van der Waals surface area contributed by atoms with E-state index in [1.54, 1.807) is 43.3 Å². The number of halogens is 2. The second-order valence-corrected chi connectivity index (χ2v) is 9.55. The number of esters is 1. The van der Waals surface area contributed by atoms with Gasteiger partial charge < -0.3 is 18.9 Å². The number of fused-ring (bicyclic) bond motifs is 1. The number of thiazole rings is 1. The Morgan fingerprint density at radius 2 is 1.78 bits per heavy atom. The molecule has 11 heteroatoms. The van der Waals surface area contributed by atoms with Crippen LogP contribution < -0.4 is 29.1 Å². The molecule has 1 atom stereocenters. The van der Waals surface area contributed by atoms with Crippen molar-refractivity contribution >= 4 is 46.6 Å². The number of nitrogens with zero attached hydrogens (tertiary/aromatic N) is 2. The maximum atomic E-state index is 13.8. The summed E-state index contributed by atoms with van der Waals surface area (Å²) in [7, 11) is 5.78. The fourth-order valence-electron chi connectivity index (χ4n) is 4.08. The Hall–Kier alpha value is -3.27. The third-order valence-corrected chi connectivity index (χ3v) is 7.17. The molecule has 0 spiro atoms. The second kappa shape index (κ2) is 10.4. The molecule has 2 heterocycles.